The number of aromatic nitrogens is 2. The maximum atomic E-state index is 11.7. The lowest BCUT2D eigenvalue weighted by Crippen LogP contribution is -2.18. The van der Waals surface area contributed by atoms with Gasteiger partial charge in [-0.2, -0.15) is 5.10 Å². The van der Waals surface area contributed by atoms with Gasteiger partial charge in [-0.15, -0.1) is 0 Å². The molecule has 1 aliphatic rings. The highest BCUT2D eigenvalue weighted by molar-refractivity contribution is 6.00. The van der Waals surface area contributed by atoms with E-state index in [2.05, 4.69) is 42.4 Å². The molecule has 6 nitrogen and oxygen atoms in total. The van der Waals surface area contributed by atoms with Gasteiger partial charge in [0.15, 0.2) is 6.23 Å². The average Bonchev–Trinajstić information content (AvgIpc) is 3.40. The highest BCUT2D eigenvalue weighted by Gasteiger charge is 2.20. The lowest BCUT2D eigenvalue weighted by molar-refractivity contribution is -0.137. The molecule has 1 saturated heterocycles. The number of aromatic hydroxyl groups is 1. The fraction of sp³-hybridized carbons (Fsp3) is 0.273. The van der Waals surface area contributed by atoms with E-state index in [0.29, 0.717) is 6.61 Å². The predicted octanol–water partition coefficient (Wildman–Crippen LogP) is 7.39. The first-order valence-electron chi connectivity index (χ1n) is 13.6. The molecule has 5 rings (SSSR count). The van der Waals surface area contributed by atoms with E-state index in [1.54, 1.807) is 25.1 Å². The summed E-state index contributed by atoms with van der Waals surface area (Å²) in [7, 11) is 0. The number of phenols is 1. The number of carbonyl (C=O) groups excluding carboxylic acids is 1. The Morgan fingerprint density at radius 3 is 2.46 bits per heavy atom. The molecular formula is C33H34N2O4. The van der Waals surface area contributed by atoms with Gasteiger partial charge in [-0.1, -0.05) is 49.4 Å². The maximum Gasteiger partial charge on any atom is 0.330 e. The Labute approximate surface area is 229 Å². The van der Waals surface area contributed by atoms with Gasteiger partial charge in [-0.25, -0.2) is 9.48 Å². The standard InChI is InChI=1S/C33H34N2O4/c1-3-29(24-13-16-28(36)17-14-24)33(25-11-8-23(9-12-25)10-19-32(37)38-4-2)26-15-18-30-27(21-26)22-34-35(30)31-7-5-6-20-39-31/h8-19,21-22,31,36H,3-7,20H2,1-2H3. The van der Waals surface area contributed by atoms with Crippen LogP contribution in [0.1, 0.15) is 68.0 Å². The molecule has 1 unspecified atom stereocenters. The van der Waals surface area contributed by atoms with Crippen molar-refractivity contribution in [1.82, 2.24) is 9.78 Å². The summed E-state index contributed by atoms with van der Waals surface area (Å²) in [5.74, 6) is -0.109. The number of hydrogen-bond acceptors (Lipinski definition) is 5. The van der Waals surface area contributed by atoms with Crippen molar-refractivity contribution in [2.45, 2.75) is 45.8 Å². The average molecular weight is 523 g/mol. The van der Waals surface area contributed by atoms with Gasteiger partial charge < -0.3 is 14.6 Å². The van der Waals surface area contributed by atoms with E-state index in [-0.39, 0.29) is 17.9 Å². The summed E-state index contributed by atoms with van der Waals surface area (Å²) < 4.78 is 13.0. The molecule has 1 fully saturated rings. The minimum atomic E-state index is -0.352. The fourth-order valence-electron chi connectivity index (χ4n) is 5.17. The van der Waals surface area contributed by atoms with Crippen LogP contribution in [-0.4, -0.2) is 34.1 Å². The Morgan fingerprint density at radius 2 is 1.77 bits per heavy atom. The molecule has 0 amide bonds. The van der Waals surface area contributed by atoms with Crippen LogP contribution < -0.4 is 0 Å². The molecule has 0 spiro atoms. The van der Waals surface area contributed by atoms with E-state index in [9.17, 15) is 9.90 Å². The van der Waals surface area contributed by atoms with Crippen molar-refractivity contribution in [2.24, 2.45) is 0 Å². The third kappa shape index (κ3) is 5.96. The summed E-state index contributed by atoms with van der Waals surface area (Å²) in [6.45, 7) is 5.06. The van der Waals surface area contributed by atoms with Crippen LogP contribution in [0, 0.1) is 0 Å². The number of benzene rings is 3. The second-order valence-electron chi connectivity index (χ2n) is 9.65. The second-order valence-corrected chi connectivity index (χ2v) is 9.65. The molecule has 1 N–H and O–H groups in total. The number of fused-ring (bicyclic) bond motifs is 1. The fourth-order valence-corrected chi connectivity index (χ4v) is 5.17. The van der Waals surface area contributed by atoms with Crippen molar-refractivity contribution in [1.29, 1.82) is 0 Å². The molecule has 0 bridgehead atoms. The van der Waals surface area contributed by atoms with E-state index in [0.717, 1.165) is 71.0 Å². The van der Waals surface area contributed by atoms with Crippen LogP contribution in [0.4, 0.5) is 0 Å². The van der Waals surface area contributed by atoms with Crippen LogP contribution in [-0.2, 0) is 14.3 Å². The van der Waals surface area contributed by atoms with E-state index >= 15 is 0 Å². The molecule has 200 valence electrons. The van der Waals surface area contributed by atoms with Gasteiger partial charge in [0.25, 0.3) is 0 Å². The minimum Gasteiger partial charge on any atom is -0.508 e. The van der Waals surface area contributed by atoms with Crippen molar-refractivity contribution in [3.63, 3.8) is 0 Å². The molecule has 3 aromatic carbocycles. The second kappa shape index (κ2) is 12.1. The number of esters is 1. The van der Waals surface area contributed by atoms with Gasteiger partial charge in [-0.3, -0.25) is 0 Å². The highest BCUT2D eigenvalue weighted by atomic mass is 16.5. The molecule has 0 aliphatic carbocycles. The number of allylic oxidation sites excluding steroid dienone is 1. The zero-order valence-corrected chi connectivity index (χ0v) is 22.5. The molecule has 4 aromatic rings. The summed E-state index contributed by atoms with van der Waals surface area (Å²) in [5, 5.41) is 15.6. The lowest BCUT2D eigenvalue weighted by atomic mass is 9.87. The van der Waals surface area contributed by atoms with Crippen molar-refractivity contribution >= 4 is 34.1 Å². The number of ether oxygens (including phenoxy) is 2. The third-order valence-corrected chi connectivity index (χ3v) is 7.08. The number of hydrogen-bond donors (Lipinski definition) is 1. The number of carbonyl (C=O) groups is 1. The Bertz CT molecular complexity index is 1490. The number of phenolic OH excluding ortho intramolecular Hbond substituents is 1. The Balaban J connectivity index is 1.58. The molecule has 1 aromatic heterocycles. The van der Waals surface area contributed by atoms with Crippen molar-refractivity contribution in [3.8, 4) is 5.75 Å². The van der Waals surface area contributed by atoms with Crippen molar-refractivity contribution in [3.05, 3.63) is 101 Å². The summed E-state index contributed by atoms with van der Waals surface area (Å²) in [6.07, 6.45) is 9.14. The third-order valence-electron chi connectivity index (χ3n) is 7.08. The van der Waals surface area contributed by atoms with Gasteiger partial charge in [-0.05, 0) is 96.3 Å². The Morgan fingerprint density at radius 1 is 1.03 bits per heavy atom. The molecular weight excluding hydrogens is 488 g/mol. The largest absolute Gasteiger partial charge is 0.508 e. The normalized spacial score (nSPS) is 16.4. The summed E-state index contributed by atoms with van der Waals surface area (Å²) in [6, 6.07) is 22.0. The Hall–Kier alpha value is -4.16. The number of rotatable bonds is 8. The van der Waals surface area contributed by atoms with Gasteiger partial charge in [0.2, 0.25) is 0 Å². The summed E-state index contributed by atoms with van der Waals surface area (Å²) in [4.78, 5) is 11.7. The quantitative estimate of drug-likeness (QED) is 0.148. The molecule has 0 saturated carbocycles. The van der Waals surface area contributed by atoms with E-state index in [4.69, 9.17) is 9.47 Å². The summed E-state index contributed by atoms with van der Waals surface area (Å²) >= 11 is 0. The van der Waals surface area contributed by atoms with E-state index in [1.807, 2.05) is 35.1 Å². The molecule has 1 aliphatic heterocycles. The first-order valence-corrected chi connectivity index (χ1v) is 13.6. The topological polar surface area (TPSA) is 73.6 Å². The summed E-state index contributed by atoms with van der Waals surface area (Å²) in [5.41, 5.74) is 7.48. The first kappa shape index (κ1) is 26.4. The maximum absolute atomic E-state index is 11.7. The van der Waals surface area contributed by atoms with E-state index < -0.39 is 0 Å². The van der Waals surface area contributed by atoms with Gasteiger partial charge in [0.1, 0.15) is 5.75 Å². The molecule has 39 heavy (non-hydrogen) atoms. The van der Waals surface area contributed by atoms with Crippen LogP contribution in [0.25, 0.3) is 28.1 Å². The minimum absolute atomic E-state index is 0.0180. The van der Waals surface area contributed by atoms with Crippen molar-refractivity contribution < 1.29 is 19.4 Å². The van der Waals surface area contributed by atoms with Crippen molar-refractivity contribution in [2.75, 3.05) is 13.2 Å². The van der Waals surface area contributed by atoms with Gasteiger partial charge in [0, 0.05) is 18.1 Å². The SMILES string of the molecule is CCOC(=O)C=Cc1ccc(C(=C(CC)c2ccc(O)cc2)c2ccc3c(cnn3C3CCCCO3)c2)cc1. The monoisotopic (exact) mass is 522 g/mol. The zero-order valence-electron chi connectivity index (χ0n) is 22.5. The van der Waals surface area contributed by atoms with E-state index in [1.165, 1.54) is 11.6 Å². The van der Waals surface area contributed by atoms with Gasteiger partial charge in [0.05, 0.1) is 18.3 Å². The zero-order chi connectivity index (χ0) is 27.2. The smallest absolute Gasteiger partial charge is 0.330 e. The lowest BCUT2D eigenvalue weighted by Gasteiger charge is -2.23. The van der Waals surface area contributed by atoms with Crippen LogP contribution in [0.3, 0.4) is 0 Å². The highest BCUT2D eigenvalue weighted by Crippen LogP contribution is 2.37. The predicted molar refractivity (Wildman–Crippen MR) is 155 cm³/mol. The molecule has 0 radical (unpaired) electrons. The number of nitrogens with zero attached hydrogens (tertiary/aromatic N) is 2. The molecule has 2 heterocycles. The van der Waals surface area contributed by atoms with Crippen LogP contribution >= 0.6 is 0 Å². The van der Waals surface area contributed by atoms with Crippen LogP contribution in [0.2, 0.25) is 0 Å². The van der Waals surface area contributed by atoms with Crippen LogP contribution in [0.15, 0.2) is 79.0 Å². The van der Waals surface area contributed by atoms with Crippen LogP contribution in [0.5, 0.6) is 5.75 Å². The Kier molecular flexibility index (Phi) is 8.23. The first-order chi connectivity index (χ1) is 19.1. The van der Waals surface area contributed by atoms with Gasteiger partial charge >= 0.3 is 5.97 Å². The molecule has 1 atom stereocenters. The molecule has 6 heteroatoms.